The summed E-state index contributed by atoms with van der Waals surface area (Å²) >= 11 is 0. The van der Waals surface area contributed by atoms with Crippen molar-refractivity contribution in [2.45, 2.75) is 12.7 Å². The summed E-state index contributed by atoms with van der Waals surface area (Å²) in [6, 6.07) is 9.38. The Kier molecular flexibility index (Phi) is 4.95. The van der Waals surface area contributed by atoms with Crippen LogP contribution >= 0.6 is 0 Å². The summed E-state index contributed by atoms with van der Waals surface area (Å²) in [4.78, 5) is 13.1. The van der Waals surface area contributed by atoms with E-state index < -0.39 is 12.1 Å². The highest BCUT2D eigenvalue weighted by molar-refractivity contribution is 5.74. The highest BCUT2D eigenvalue weighted by Gasteiger charge is 2.17. The largest absolute Gasteiger partial charge is 0.459 e. The summed E-state index contributed by atoms with van der Waals surface area (Å²) in [5.41, 5.74) is 0.910. The smallest absolute Gasteiger partial charge is 0.336 e. The number of rotatable bonds is 5. The summed E-state index contributed by atoms with van der Waals surface area (Å²) in [6.07, 6.45) is -1.08. The van der Waals surface area contributed by atoms with Crippen molar-refractivity contribution in [1.29, 1.82) is 0 Å². The van der Waals surface area contributed by atoms with Crippen LogP contribution in [0.15, 0.2) is 30.3 Å². The van der Waals surface area contributed by atoms with Crippen molar-refractivity contribution in [2.75, 3.05) is 20.6 Å². The van der Waals surface area contributed by atoms with Crippen LogP contribution in [0.4, 0.5) is 0 Å². The van der Waals surface area contributed by atoms with Gasteiger partial charge in [0, 0.05) is 6.54 Å². The molecule has 0 bridgehead atoms. The van der Waals surface area contributed by atoms with E-state index in [9.17, 15) is 9.90 Å². The Morgan fingerprint density at radius 1 is 1.38 bits per heavy atom. The monoisotopic (exact) mass is 223 g/mol. The summed E-state index contributed by atoms with van der Waals surface area (Å²) in [5.74, 6) is -0.586. The molecular weight excluding hydrogens is 206 g/mol. The van der Waals surface area contributed by atoms with Gasteiger partial charge in [-0.25, -0.2) is 4.79 Å². The van der Waals surface area contributed by atoms with Crippen LogP contribution in [0.2, 0.25) is 0 Å². The van der Waals surface area contributed by atoms with Gasteiger partial charge in [0.05, 0.1) is 0 Å². The van der Waals surface area contributed by atoms with Gasteiger partial charge in [-0.05, 0) is 19.7 Å². The van der Waals surface area contributed by atoms with Gasteiger partial charge in [-0.2, -0.15) is 0 Å². The third-order valence-corrected chi connectivity index (χ3v) is 2.03. The predicted octanol–water partition coefficient (Wildman–Crippen LogP) is 0.652. The number of hydrogen-bond donors (Lipinski definition) is 1. The molecule has 88 valence electrons. The van der Waals surface area contributed by atoms with Crippen molar-refractivity contribution in [3.8, 4) is 0 Å². The average molecular weight is 223 g/mol. The van der Waals surface area contributed by atoms with Crippen LogP contribution in [0.1, 0.15) is 5.56 Å². The molecule has 16 heavy (non-hydrogen) atoms. The molecule has 0 aromatic heterocycles. The minimum atomic E-state index is -1.08. The minimum Gasteiger partial charge on any atom is -0.459 e. The molecule has 1 atom stereocenters. The number of aliphatic hydroxyl groups is 1. The molecule has 1 rings (SSSR count). The maximum absolute atomic E-state index is 11.4. The number of ether oxygens (including phenoxy) is 1. The molecule has 0 radical (unpaired) electrons. The number of esters is 1. The molecule has 1 N–H and O–H groups in total. The van der Waals surface area contributed by atoms with Gasteiger partial charge < -0.3 is 14.7 Å². The van der Waals surface area contributed by atoms with Crippen LogP contribution in [-0.4, -0.2) is 42.7 Å². The zero-order valence-corrected chi connectivity index (χ0v) is 9.59. The van der Waals surface area contributed by atoms with Crippen LogP contribution in [0, 0.1) is 0 Å². The lowest BCUT2D eigenvalue weighted by molar-refractivity contribution is -0.155. The van der Waals surface area contributed by atoms with E-state index in [1.165, 1.54) is 0 Å². The first kappa shape index (κ1) is 12.7. The summed E-state index contributed by atoms with van der Waals surface area (Å²) < 4.78 is 4.98. The third kappa shape index (κ3) is 4.42. The molecule has 0 unspecified atom stereocenters. The number of likely N-dealkylation sites (N-methyl/N-ethyl adjacent to an activating group) is 1. The molecular formula is C12H17NO3. The molecule has 1 aromatic carbocycles. The lowest BCUT2D eigenvalue weighted by Crippen LogP contribution is -2.33. The predicted molar refractivity (Wildman–Crippen MR) is 60.8 cm³/mol. The second-order valence-corrected chi connectivity index (χ2v) is 3.87. The maximum Gasteiger partial charge on any atom is 0.336 e. The summed E-state index contributed by atoms with van der Waals surface area (Å²) in [5, 5.41) is 9.45. The van der Waals surface area contributed by atoms with E-state index in [1.54, 1.807) is 19.0 Å². The van der Waals surface area contributed by atoms with Gasteiger partial charge in [0.1, 0.15) is 6.61 Å². The number of benzene rings is 1. The van der Waals surface area contributed by atoms with E-state index in [0.29, 0.717) is 0 Å². The van der Waals surface area contributed by atoms with Crippen molar-refractivity contribution in [2.24, 2.45) is 0 Å². The second kappa shape index (κ2) is 6.25. The SMILES string of the molecule is CN(C)C[C@H](O)C(=O)OCc1ccccc1. The first-order valence-corrected chi connectivity index (χ1v) is 5.13. The van der Waals surface area contributed by atoms with Crippen LogP contribution < -0.4 is 0 Å². The number of carbonyl (C=O) groups excluding carboxylic acids is 1. The molecule has 0 saturated carbocycles. The van der Waals surface area contributed by atoms with Crippen molar-refractivity contribution in [3.63, 3.8) is 0 Å². The Balaban J connectivity index is 2.35. The molecule has 0 fully saturated rings. The quantitative estimate of drug-likeness (QED) is 0.745. The van der Waals surface area contributed by atoms with Crippen LogP contribution in [0.25, 0.3) is 0 Å². The molecule has 4 heteroatoms. The van der Waals surface area contributed by atoms with Gasteiger partial charge in [-0.1, -0.05) is 30.3 Å². The number of hydrogen-bond acceptors (Lipinski definition) is 4. The van der Waals surface area contributed by atoms with Gasteiger partial charge in [-0.15, -0.1) is 0 Å². The highest BCUT2D eigenvalue weighted by Crippen LogP contribution is 2.02. The zero-order valence-electron chi connectivity index (χ0n) is 9.59. The van der Waals surface area contributed by atoms with Gasteiger partial charge in [0.2, 0.25) is 0 Å². The highest BCUT2D eigenvalue weighted by atomic mass is 16.5. The lowest BCUT2D eigenvalue weighted by atomic mass is 10.2. The summed E-state index contributed by atoms with van der Waals surface area (Å²) in [7, 11) is 3.57. The lowest BCUT2D eigenvalue weighted by Gasteiger charge is -2.14. The zero-order chi connectivity index (χ0) is 12.0. The fourth-order valence-electron chi connectivity index (χ4n) is 1.25. The van der Waals surface area contributed by atoms with Gasteiger partial charge >= 0.3 is 5.97 Å². The van der Waals surface area contributed by atoms with E-state index in [-0.39, 0.29) is 13.2 Å². The van der Waals surface area contributed by atoms with E-state index in [1.807, 2.05) is 30.3 Å². The first-order chi connectivity index (χ1) is 7.59. The molecule has 4 nitrogen and oxygen atoms in total. The Morgan fingerprint density at radius 3 is 2.56 bits per heavy atom. The fraction of sp³-hybridized carbons (Fsp3) is 0.417. The molecule has 0 amide bonds. The number of aliphatic hydroxyl groups excluding tert-OH is 1. The van der Waals surface area contributed by atoms with E-state index in [0.717, 1.165) is 5.56 Å². The van der Waals surface area contributed by atoms with Crippen molar-refractivity contribution < 1.29 is 14.6 Å². The maximum atomic E-state index is 11.4. The van der Waals surface area contributed by atoms with Crippen LogP contribution in [0.3, 0.4) is 0 Å². The Morgan fingerprint density at radius 2 is 2.00 bits per heavy atom. The van der Waals surface area contributed by atoms with E-state index in [2.05, 4.69) is 0 Å². The average Bonchev–Trinajstić information content (AvgIpc) is 2.26. The molecule has 0 aliphatic heterocycles. The van der Waals surface area contributed by atoms with Gasteiger partial charge in [-0.3, -0.25) is 0 Å². The van der Waals surface area contributed by atoms with E-state index in [4.69, 9.17) is 4.74 Å². The van der Waals surface area contributed by atoms with Crippen LogP contribution in [0.5, 0.6) is 0 Å². The molecule has 0 saturated heterocycles. The van der Waals surface area contributed by atoms with Gasteiger partial charge in [0.25, 0.3) is 0 Å². The molecule has 0 heterocycles. The van der Waals surface area contributed by atoms with Crippen LogP contribution in [-0.2, 0) is 16.1 Å². The molecule has 0 aliphatic rings. The first-order valence-electron chi connectivity index (χ1n) is 5.13. The van der Waals surface area contributed by atoms with Crippen molar-refractivity contribution in [3.05, 3.63) is 35.9 Å². The van der Waals surface area contributed by atoms with Crippen molar-refractivity contribution >= 4 is 5.97 Å². The molecule has 0 spiro atoms. The minimum absolute atomic E-state index is 0.199. The Labute approximate surface area is 95.5 Å². The molecule has 1 aromatic rings. The Hall–Kier alpha value is -1.39. The normalized spacial score (nSPS) is 12.5. The number of carbonyl (C=O) groups is 1. The van der Waals surface area contributed by atoms with E-state index >= 15 is 0 Å². The summed E-state index contributed by atoms with van der Waals surface area (Å²) in [6.45, 7) is 0.470. The standard InChI is InChI=1S/C12H17NO3/c1-13(2)8-11(14)12(15)16-9-10-6-4-3-5-7-10/h3-7,11,14H,8-9H2,1-2H3/t11-/m0/s1. The third-order valence-electron chi connectivity index (χ3n) is 2.03. The second-order valence-electron chi connectivity index (χ2n) is 3.87. The topological polar surface area (TPSA) is 49.8 Å². The fourth-order valence-corrected chi connectivity index (χ4v) is 1.25. The molecule has 0 aliphatic carbocycles. The van der Waals surface area contributed by atoms with Crippen molar-refractivity contribution in [1.82, 2.24) is 4.90 Å². The van der Waals surface area contributed by atoms with Gasteiger partial charge in [0.15, 0.2) is 6.10 Å². The Bertz CT molecular complexity index is 324. The number of nitrogens with zero attached hydrogens (tertiary/aromatic N) is 1.